The van der Waals surface area contributed by atoms with E-state index in [9.17, 15) is 0 Å². The predicted octanol–water partition coefficient (Wildman–Crippen LogP) is 0.702. The van der Waals surface area contributed by atoms with Crippen molar-refractivity contribution in [1.82, 2.24) is 20.3 Å². The molecule has 1 aromatic carbocycles. The second-order valence-electron chi connectivity index (χ2n) is 3.65. The van der Waals surface area contributed by atoms with Gasteiger partial charge in [-0.2, -0.15) is 10.4 Å². The maximum atomic E-state index is 8.57. The van der Waals surface area contributed by atoms with Gasteiger partial charge in [-0.1, -0.05) is 21.5 Å². The molecule has 108 valence electrons. The summed E-state index contributed by atoms with van der Waals surface area (Å²) in [5, 5.41) is 23.3. The highest BCUT2D eigenvalue weighted by Crippen LogP contribution is 2.35. The quantitative estimate of drug-likeness (QED) is 0.806. The monoisotopic (exact) mass is 307 g/mol. The van der Waals surface area contributed by atoms with E-state index in [1.54, 1.807) is 12.1 Å². The third-order valence-corrected chi connectivity index (χ3v) is 2.60. The highest BCUT2D eigenvalue weighted by atomic mass is 35.5. The average molecular weight is 308 g/mol. The topological polar surface area (TPSA) is 124 Å². The van der Waals surface area contributed by atoms with Crippen molar-refractivity contribution in [3.8, 4) is 17.6 Å². The Morgan fingerprint density at radius 3 is 3.00 bits per heavy atom. The van der Waals surface area contributed by atoms with Crippen LogP contribution in [0.3, 0.4) is 0 Å². The SMILES string of the molecule is COc1c(Cl)cc(C=Nn2nnnc2N)cc1OCC#N. The standard InChI is InChI=1S/C11H10ClN7O2/c1-20-10-8(12)4-7(5-9(10)21-3-2-13)6-15-19-11(14)16-17-18-19/h4-6H,3H2,1H3,(H2,14,16,18). The number of ether oxygens (including phenoxy) is 2. The minimum atomic E-state index is -0.132. The minimum Gasteiger partial charge on any atom is -0.491 e. The van der Waals surface area contributed by atoms with Crippen molar-refractivity contribution in [2.75, 3.05) is 19.5 Å². The van der Waals surface area contributed by atoms with Crippen LogP contribution in [0.2, 0.25) is 5.02 Å². The van der Waals surface area contributed by atoms with Crippen molar-refractivity contribution < 1.29 is 9.47 Å². The van der Waals surface area contributed by atoms with Crippen LogP contribution < -0.4 is 15.2 Å². The van der Waals surface area contributed by atoms with Gasteiger partial charge in [0.1, 0.15) is 6.07 Å². The van der Waals surface area contributed by atoms with Gasteiger partial charge in [-0.25, -0.2) is 0 Å². The molecule has 1 heterocycles. The molecule has 0 fully saturated rings. The number of rotatable bonds is 5. The number of halogens is 1. The van der Waals surface area contributed by atoms with Crippen LogP contribution >= 0.6 is 11.6 Å². The molecule has 0 radical (unpaired) electrons. The Morgan fingerprint density at radius 2 is 2.38 bits per heavy atom. The fourth-order valence-corrected chi connectivity index (χ4v) is 1.77. The van der Waals surface area contributed by atoms with Crippen molar-refractivity contribution in [2.24, 2.45) is 5.10 Å². The summed E-state index contributed by atoms with van der Waals surface area (Å²) in [5.74, 6) is 0.718. The van der Waals surface area contributed by atoms with Crippen LogP contribution in [0, 0.1) is 11.3 Å². The number of hydrogen-bond acceptors (Lipinski definition) is 8. The van der Waals surface area contributed by atoms with Gasteiger partial charge in [-0.3, -0.25) is 0 Å². The molecule has 0 aliphatic rings. The molecule has 1 aromatic heterocycles. The van der Waals surface area contributed by atoms with Crippen LogP contribution in [-0.2, 0) is 0 Å². The van der Waals surface area contributed by atoms with Gasteiger partial charge < -0.3 is 15.2 Å². The number of benzene rings is 1. The molecule has 2 aromatic rings. The van der Waals surface area contributed by atoms with E-state index >= 15 is 0 Å². The zero-order valence-electron chi connectivity index (χ0n) is 10.9. The Hall–Kier alpha value is -2.86. The van der Waals surface area contributed by atoms with E-state index in [2.05, 4.69) is 20.6 Å². The van der Waals surface area contributed by atoms with E-state index in [-0.39, 0.29) is 12.6 Å². The molecule has 21 heavy (non-hydrogen) atoms. The summed E-state index contributed by atoms with van der Waals surface area (Å²) in [6.45, 7) is -0.132. The van der Waals surface area contributed by atoms with Gasteiger partial charge in [0.15, 0.2) is 18.1 Å². The molecule has 0 saturated carbocycles. The number of hydrogen-bond donors (Lipinski definition) is 1. The first-order chi connectivity index (χ1) is 10.2. The van der Waals surface area contributed by atoms with Gasteiger partial charge in [0.25, 0.3) is 5.95 Å². The molecule has 0 atom stereocenters. The highest BCUT2D eigenvalue weighted by Gasteiger charge is 2.11. The molecule has 0 amide bonds. The smallest absolute Gasteiger partial charge is 0.263 e. The van der Waals surface area contributed by atoms with Crippen LogP contribution in [0.5, 0.6) is 11.5 Å². The van der Waals surface area contributed by atoms with Gasteiger partial charge in [0.2, 0.25) is 0 Å². The van der Waals surface area contributed by atoms with Crippen molar-refractivity contribution in [1.29, 1.82) is 5.26 Å². The molecule has 0 aliphatic heterocycles. The number of nitrogen functional groups attached to an aromatic ring is 1. The van der Waals surface area contributed by atoms with Crippen LogP contribution in [-0.4, -0.2) is 40.2 Å². The zero-order valence-corrected chi connectivity index (χ0v) is 11.7. The molecule has 10 heteroatoms. The van der Waals surface area contributed by atoms with E-state index in [1.165, 1.54) is 13.3 Å². The predicted molar refractivity (Wildman–Crippen MR) is 74.3 cm³/mol. The molecular formula is C11H10ClN7O2. The van der Waals surface area contributed by atoms with E-state index in [0.29, 0.717) is 22.1 Å². The number of tetrazole rings is 1. The second-order valence-corrected chi connectivity index (χ2v) is 4.06. The number of methoxy groups -OCH3 is 1. The van der Waals surface area contributed by atoms with Crippen molar-refractivity contribution >= 4 is 23.8 Å². The number of nitriles is 1. The fourth-order valence-electron chi connectivity index (χ4n) is 1.47. The zero-order chi connectivity index (χ0) is 15.2. The largest absolute Gasteiger partial charge is 0.491 e. The molecule has 2 rings (SSSR count). The third-order valence-electron chi connectivity index (χ3n) is 2.32. The lowest BCUT2D eigenvalue weighted by Gasteiger charge is -2.10. The molecule has 2 N–H and O–H groups in total. The van der Waals surface area contributed by atoms with Crippen molar-refractivity contribution in [2.45, 2.75) is 0 Å². The van der Waals surface area contributed by atoms with Gasteiger partial charge in [0, 0.05) is 5.56 Å². The number of anilines is 1. The normalized spacial score (nSPS) is 10.5. The minimum absolute atomic E-state index is 0.0480. The second kappa shape index (κ2) is 6.53. The van der Waals surface area contributed by atoms with E-state index in [1.807, 2.05) is 6.07 Å². The highest BCUT2D eigenvalue weighted by molar-refractivity contribution is 6.32. The summed E-state index contributed by atoms with van der Waals surface area (Å²) in [5.41, 5.74) is 6.08. The lowest BCUT2D eigenvalue weighted by atomic mass is 10.2. The average Bonchev–Trinajstić information content (AvgIpc) is 2.88. The lowest BCUT2D eigenvalue weighted by molar-refractivity contribution is 0.330. The summed E-state index contributed by atoms with van der Waals surface area (Å²) >= 11 is 6.08. The van der Waals surface area contributed by atoms with E-state index < -0.39 is 0 Å². The Balaban J connectivity index is 2.32. The van der Waals surface area contributed by atoms with Crippen LogP contribution in [0.25, 0.3) is 0 Å². The molecule has 0 saturated heterocycles. The first-order valence-electron chi connectivity index (χ1n) is 5.61. The van der Waals surface area contributed by atoms with E-state index in [4.69, 9.17) is 32.1 Å². The summed E-state index contributed by atoms with van der Waals surface area (Å²) in [6, 6.07) is 5.10. The van der Waals surface area contributed by atoms with Crippen LogP contribution in [0.4, 0.5) is 5.95 Å². The summed E-state index contributed by atoms with van der Waals surface area (Å²) in [7, 11) is 1.45. The first-order valence-corrected chi connectivity index (χ1v) is 5.99. The first kappa shape index (κ1) is 14.5. The van der Waals surface area contributed by atoms with Gasteiger partial charge in [-0.15, -0.1) is 0 Å². The number of nitrogens with two attached hydrogens (primary N) is 1. The van der Waals surface area contributed by atoms with E-state index in [0.717, 1.165) is 4.79 Å². The van der Waals surface area contributed by atoms with Gasteiger partial charge in [0.05, 0.1) is 18.3 Å². The number of aromatic nitrogens is 4. The Bertz CT molecular complexity index is 707. The Kier molecular flexibility index (Phi) is 4.53. The summed E-state index contributed by atoms with van der Waals surface area (Å²) in [6.07, 6.45) is 1.44. The molecule has 9 nitrogen and oxygen atoms in total. The van der Waals surface area contributed by atoms with Crippen LogP contribution in [0.15, 0.2) is 17.2 Å². The van der Waals surface area contributed by atoms with Crippen LogP contribution in [0.1, 0.15) is 5.56 Å². The lowest BCUT2D eigenvalue weighted by Crippen LogP contribution is -2.01. The van der Waals surface area contributed by atoms with Crippen molar-refractivity contribution in [3.63, 3.8) is 0 Å². The summed E-state index contributed by atoms with van der Waals surface area (Å²) < 4.78 is 10.4. The maximum Gasteiger partial charge on any atom is 0.263 e. The molecule has 0 bridgehead atoms. The number of nitrogens with zero attached hydrogens (tertiary/aromatic N) is 6. The third kappa shape index (κ3) is 3.37. The molecular weight excluding hydrogens is 298 g/mol. The maximum absolute atomic E-state index is 8.57. The van der Waals surface area contributed by atoms with Gasteiger partial charge >= 0.3 is 0 Å². The Labute approximate surface area is 124 Å². The summed E-state index contributed by atoms with van der Waals surface area (Å²) in [4.78, 5) is 1.05. The van der Waals surface area contributed by atoms with Gasteiger partial charge in [-0.05, 0) is 22.6 Å². The molecule has 0 spiro atoms. The fraction of sp³-hybridized carbons (Fsp3) is 0.182. The van der Waals surface area contributed by atoms with Crippen molar-refractivity contribution in [3.05, 3.63) is 22.7 Å². The molecule has 0 unspecified atom stereocenters. The molecule has 0 aliphatic carbocycles. The Morgan fingerprint density at radius 1 is 1.57 bits per heavy atom.